The highest BCUT2D eigenvalue weighted by Crippen LogP contribution is 2.29. The van der Waals surface area contributed by atoms with Crippen LogP contribution in [-0.2, 0) is 0 Å². The minimum atomic E-state index is 0.287. The normalized spacial score (nSPS) is 22.7. The lowest BCUT2D eigenvalue weighted by molar-refractivity contribution is 0.0979. The van der Waals surface area contributed by atoms with Gasteiger partial charge in [-0.25, -0.2) is 0 Å². The molecule has 0 amide bonds. The van der Waals surface area contributed by atoms with Gasteiger partial charge in [-0.15, -0.1) is 0 Å². The van der Waals surface area contributed by atoms with Crippen LogP contribution in [0.15, 0.2) is 0 Å². The van der Waals surface area contributed by atoms with Gasteiger partial charge in [-0.1, -0.05) is 64.7 Å². The zero-order chi connectivity index (χ0) is 14.0. The zero-order valence-electron chi connectivity index (χ0n) is 13.4. The number of likely N-dealkylation sites (N-methyl/N-ethyl adjacent to an activating group) is 1. The van der Waals surface area contributed by atoms with Gasteiger partial charge in [0.05, 0.1) is 0 Å². The highest BCUT2D eigenvalue weighted by molar-refractivity contribution is 4.90. The van der Waals surface area contributed by atoms with Gasteiger partial charge in [-0.2, -0.15) is 0 Å². The summed E-state index contributed by atoms with van der Waals surface area (Å²) in [7, 11) is 2.29. The summed E-state index contributed by atoms with van der Waals surface area (Å²) in [6, 6.07) is 0. The van der Waals surface area contributed by atoms with Crippen molar-refractivity contribution in [2.24, 2.45) is 5.73 Å². The number of nitrogens with two attached hydrogens (primary N) is 1. The van der Waals surface area contributed by atoms with Crippen LogP contribution in [-0.4, -0.2) is 30.6 Å². The standard InChI is InChI=1S/C17H36N2/c1-3-15-19(2)17(16-18)13-11-9-7-5-4-6-8-10-12-14-17/h3-16,18H2,1-2H3. The highest BCUT2D eigenvalue weighted by Gasteiger charge is 2.31. The number of hydrogen-bond acceptors (Lipinski definition) is 2. The molecule has 1 rings (SSSR count). The number of hydrogen-bond donors (Lipinski definition) is 1. The van der Waals surface area contributed by atoms with Crippen molar-refractivity contribution >= 4 is 0 Å². The van der Waals surface area contributed by atoms with Crippen molar-refractivity contribution in [3.05, 3.63) is 0 Å². The molecule has 0 aliphatic heterocycles. The molecule has 2 nitrogen and oxygen atoms in total. The van der Waals surface area contributed by atoms with Crippen LogP contribution in [0.4, 0.5) is 0 Å². The van der Waals surface area contributed by atoms with Gasteiger partial charge in [0.25, 0.3) is 0 Å². The van der Waals surface area contributed by atoms with Gasteiger partial charge in [-0.05, 0) is 32.9 Å². The molecule has 0 aromatic heterocycles. The molecule has 1 saturated carbocycles. The maximum atomic E-state index is 6.21. The maximum absolute atomic E-state index is 6.21. The second-order valence-electron chi connectivity index (χ2n) is 6.53. The molecule has 0 heterocycles. The summed E-state index contributed by atoms with van der Waals surface area (Å²) in [6.07, 6.45) is 16.6. The van der Waals surface area contributed by atoms with Crippen LogP contribution in [0, 0.1) is 0 Å². The summed E-state index contributed by atoms with van der Waals surface area (Å²) in [5, 5.41) is 0. The van der Waals surface area contributed by atoms with Gasteiger partial charge < -0.3 is 5.73 Å². The van der Waals surface area contributed by atoms with Gasteiger partial charge in [0.1, 0.15) is 0 Å². The number of rotatable bonds is 4. The average molecular weight is 268 g/mol. The fourth-order valence-corrected chi connectivity index (χ4v) is 3.58. The molecule has 0 radical (unpaired) electrons. The molecule has 114 valence electrons. The van der Waals surface area contributed by atoms with E-state index in [0.29, 0.717) is 0 Å². The summed E-state index contributed by atoms with van der Waals surface area (Å²) >= 11 is 0. The van der Waals surface area contributed by atoms with Gasteiger partial charge >= 0.3 is 0 Å². The number of nitrogens with zero attached hydrogens (tertiary/aromatic N) is 1. The SMILES string of the molecule is CCCN(C)C1(CN)CCCCCCCCCCC1. The predicted molar refractivity (Wildman–Crippen MR) is 85.5 cm³/mol. The largest absolute Gasteiger partial charge is 0.329 e. The average Bonchev–Trinajstić information content (AvgIpc) is 2.40. The molecule has 2 heteroatoms. The van der Waals surface area contributed by atoms with Gasteiger partial charge in [0.2, 0.25) is 0 Å². The van der Waals surface area contributed by atoms with E-state index in [1.54, 1.807) is 0 Å². The zero-order valence-corrected chi connectivity index (χ0v) is 13.4. The van der Waals surface area contributed by atoms with Crippen LogP contribution in [0.5, 0.6) is 0 Å². The Bertz CT molecular complexity index is 203. The van der Waals surface area contributed by atoms with Crippen LogP contribution < -0.4 is 5.73 Å². The Labute approximate surface area is 121 Å². The summed E-state index contributed by atoms with van der Waals surface area (Å²) in [5.41, 5.74) is 6.50. The first-order valence-corrected chi connectivity index (χ1v) is 8.66. The van der Waals surface area contributed by atoms with Crippen molar-refractivity contribution in [1.82, 2.24) is 4.90 Å². The van der Waals surface area contributed by atoms with Crippen molar-refractivity contribution in [2.75, 3.05) is 20.1 Å². The molecule has 0 aromatic rings. The van der Waals surface area contributed by atoms with E-state index in [2.05, 4.69) is 18.9 Å². The van der Waals surface area contributed by atoms with E-state index in [4.69, 9.17) is 5.73 Å². The molecular formula is C17H36N2. The quantitative estimate of drug-likeness (QED) is 0.822. The van der Waals surface area contributed by atoms with Gasteiger partial charge in [0, 0.05) is 12.1 Å². The Morgan fingerprint density at radius 1 is 0.842 bits per heavy atom. The first-order chi connectivity index (χ1) is 9.25. The van der Waals surface area contributed by atoms with Crippen molar-refractivity contribution in [2.45, 2.75) is 89.5 Å². The monoisotopic (exact) mass is 268 g/mol. The predicted octanol–water partition coefficient (Wildman–Crippen LogP) is 4.33. The molecule has 0 bridgehead atoms. The van der Waals surface area contributed by atoms with Crippen molar-refractivity contribution in [3.8, 4) is 0 Å². The third-order valence-electron chi connectivity index (χ3n) is 5.03. The van der Waals surface area contributed by atoms with Crippen molar-refractivity contribution < 1.29 is 0 Å². The van der Waals surface area contributed by atoms with Crippen molar-refractivity contribution in [3.63, 3.8) is 0 Å². The molecular weight excluding hydrogens is 232 g/mol. The van der Waals surface area contributed by atoms with E-state index in [1.807, 2.05) is 0 Å². The summed E-state index contributed by atoms with van der Waals surface area (Å²) in [6.45, 7) is 4.30. The van der Waals surface area contributed by atoms with E-state index in [0.717, 1.165) is 6.54 Å². The highest BCUT2D eigenvalue weighted by atomic mass is 15.2. The Kier molecular flexibility index (Phi) is 8.72. The van der Waals surface area contributed by atoms with E-state index < -0.39 is 0 Å². The molecule has 0 spiro atoms. The second kappa shape index (κ2) is 9.77. The molecule has 2 N–H and O–H groups in total. The van der Waals surface area contributed by atoms with Crippen LogP contribution in [0.25, 0.3) is 0 Å². The lowest BCUT2D eigenvalue weighted by Crippen LogP contribution is -2.52. The van der Waals surface area contributed by atoms with Gasteiger partial charge in [0.15, 0.2) is 0 Å². The molecule has 0 unspecified atom stereocenters. The van der Waals surface area contributed by atoms with Crippen LogP contribution in [0.2, 0.25) is 0 Å². The third-order valence-corrected chi connectivity index (χ3v) is 5.03. The van der Waals surface area contributed by atoms with Crippen molar-refractivity contribution in [1.29, 1.82) is 0 Å². The lowest BCUT2D eigenvalue weighted by Gasteiger charge is -2.42. The molecule has 0 saturated heterocycles. The molecule has 1 aliphatic rings. The molecule has 1 fully saturated rings. The summed E-state index contributed by atoms with van der Waals surface area (Å²) in [4.78, 5) is 2.57. The fourth-order valence-electron chi connectivity index (χ4n) is 3.58. The third kappa shape index (κ3) is 5.83. The minimum Gasteiger partial charge on any atom is -0.329 e. The van der Waals surface area contributed by atoms with Crippen LogP contribution in [0.1, 0.15) is 84.0 Å². The van der Waals surface area contributed by atoms with Crippen LogP contribution in [0.3, 0.4) is 0 Å². The molecule has 0 aromatic carbocycles. The summed E-state index contributed by atoms with van der Waals surface area (Å²) in [5.74, 6) is 0. The minimum absolute atomic E-state index is 0.287. The Morgan fingerprint density at radius 2 is 1.26 bits per heavy atom. The molecule has 19 heavy (non-hydrogen) atoms. The van der Waals surface area contributed by atoms with Crippen LogP contribution >= 0.6 is 0 Å². The van der Waals surface area contributed by atoms with E-state index in [1.165, 1.54) is 83.6 Å². The smallest absolute Gasteiger partial charge is 0.0328 e. The Hall–Kier alpha value is -0.0800. The topological polar surface area (TPSA) is 29.3 Å². The fraction of sp³-hybridized carbons (Fsp3) is 1.00. The lowest BCUT2D eigenvalue weighted by atomic mass is 9.84. The summed E-state index contributed by atoms with van der Waals surface area (Å²) < 4.78 is 0. The first kappa shape index (κ1) is 17.0. The molecule has 1 aliphatic carbocycles. The Balaban J connectivity index is 2.60. The second-order valence-corrected chi connectivity index (χ2v) is 6.53. The maximum Gasteiger partial charge on any atom is 0.0328 e. The van der Waals surface area contributed by atoms with E-state index in [9.17, 15) is 0 Å². The molecule has 0 atom stereocenters. The van der Waals surface area contributed by atoms with Gasteiger partial charge in [-0.3, -0.25) is 4.90 Å². The first-order valence-electron chi connectivity index (χ1n) is 8.66. The van der Waals surface area contributed by atoms with E-state index >= 15 is 0 Å². The Morgan fingerprint density at radius 3 is 1.63 bits per heavy atom. The van der Waals surface area contributed by atoms with E-state index in [-0.39, 0.29) is 5.54 Å².